The molecular weight excluding hydrogens is 252 g/mol. The van der Waals surface area contributed by atoms with Gasteiger partial charge in [-0.1, -0.05) is 5.16 Å². The monoisotopic (exact) mass is 267 g/mol. The standard InChI is InChI=1S/C13H15F2N3O/c1-13(2,3)16-7-11-17-12(18-19-11)8-4-5-9(14)10(15)6-8/h4-6,16H,7H2,1-3H3. The van der Waals surface area contributed by atoms with Crippen molar-refractivity contribution in [3.8, 4) is 11.4 Å². The van der Waals surface area contributed by atoms with Crippen molar-refractivity contribution in [3.05, 3.63) is 35.7 Å². The fourth-order valence-corrected chi connectivity index (χ4v) is 1.42. The van der Waals surface area contributed by atoms with E-state index < -0.39 is 11.6 Å². The van der Waals surface area contributed by atoms with E-state index in [1.807, 2.05) is 20.8 Å². The van der Waals surface area contributed by atoms with Crippen molar-refractivity contribution in [2.24, 2.45) is 0 Å². The molecule has 0 atom stereocenters. The van der Waals surface area contributed by atoms with Gasteiger partial charge in [0.25, 0.3) is 0 Å². The van der Waals surface area contributed by atoms with Gasteiger partial charge in [0, 0.05) is 11.1 Å². The quantitative estimate of drug-likeness (QED) is 0.929. The Bertz CT molecular complexity index is 576. The Kier molecular flexibility index (Phi) is 3.61. The predicted octanol–water partition coefficient (Wildman–Crippen LogP) is 2.90. The lowest BCUT2D eigenvalue weighted by molar-refractivity contribution is 0.336. The van der Waals surface area contributed by atoms with E-state index in [0.29, 0.717) is 18.0 Å². The van der Waals surface area contributed by atoms with E-state index in [9.17, 15) is 8.78 Å². The molecule has 2 rings (SSSR count). The maximum Gasteiger partial charge on any atom is 0.240 e. The molecule has 1 heterocycles. The fraction of sp³-hybridized carbons (Fsp3) is 0.385. The number of hydrogen-bond acceptors (Lipinski definition) is 4. The molecule has 0 saturated heterocycles. The highest BCUT2D eigenvalue weighted by Crippen LogP contribution is 2.18. The van der Waals surface area contributed by atoms with Crippen LogP contribution >= 0.6 is 0 Å². The van der Waals surface area contributed by atoms with E-state index in [0.717, 1.165) is 12.1 Å². The summed E-state index contributed by atoms with van der Waals surface area (Å²) in [6, 6.07) is 3.49. The lowest BCUT2D eigenvalue weighted by Crippen LogP contribution is -2.35. The van der Waals surface area contributed by atoms with E-state index in [4.69, 9.17) is 4.52 Å². The summed E-state index contributed by atoms with van der Waals surface area (Å²) in [4.78, 5) is 4.12. The molecule has 0 saturated carbocycles. The molecule has 2 aromatic rings. The Balaban J connectivity index is 2.14. The molecule has 0 spiro atoms. The smallest absolute Gasteiger partial charge is 0.240 e. The Morgan fingerprint density at radius 2 is 1.95 bits per heavy atom. The number of halogens is 2. The summed E-state index contributed by atoms with van der Waals surface area (Å²) in [7, 11) is 0. The second-order valence-corrected chi connectivity index (χ2v) is 5.24. The van der Waals surface area contributed by atoms with Crippen molar-refractivity contribution in [1.82, 2.24) is 15.5 Å². The summed E-state index contributed by atoms with van der Waals surface area (Å²) in [5, 5.41) is 6.94. The van der Waals surface area contributed by atoms with Crippen molar-refractivity contribution >= 4 is 0 Å². The molecule has 19 heavy (non-hydrogen) atoms. The number of hydrogen-bond donors (Lipinski definition) is 1. The normalized spacial score (nSPS) is 11.8. The maximum atomic E-state index is 13.1. The van der Waals surface area contributed by atoms with Gasteiger partial charge < -0.3 is 9.84 Å². The lowest BCUT2D eigenvalue weighted by Gasteiger charge is -2.18. The first-order valence-electron chi connectivity index (χ1n) is 5.88. The number of nitrogens with one attached hydrogen (secondary N) is 1. The zero-order valence-electron chi connectivity index (χ0n) is 11.0. The third-order valence-corrected chi connectivity index (χ3v) is 2.42. The predicted molar refractivity (Wildman–Crippen MR) is 66.2 cm³/mol. The van der Waals surface area contributed by atoms with E-state index in [1.54, 1.807) is 0 Å². The van der Waals surface area contributed by atoms with Crippen molar-refractivity contribution in [1.29, 1.82) is 0 Å². The van der Waals surface area contributed by atoms with Crippen LogP contribution in [0, 0.1) is 11.6 Å². The molecule has 0 bridgehead atoms. The third-order valence-electron chi connectivity index (χ3n) is 2.42. The molecule has 0 fully saturated rings. The van der Waals surface area contributed by atoms with Gasteiger partial charge in [-0.05, 0) is 39.0 Å². The Labute approximate surface area is 109 Å². The minimum absolute atomic E-state index is 0.0728. The van der Waals surface area contributed by atoms with Gasteiger partial charge in [0.1, 0.15) is 0 Å². The third kappa shape index (κ3) is 3.57. The summed E-state index contributed by atoms with van der Waals surface area (Å²) < 4.78 is 31.0. The number of nitrogens with zero attached hydrogens (tertiary/aromatic N) is 2. The number of aromatic nitrogens is 2. The topological polar surface area (TPSA) is 51.0 Å². The molecule has 1 aromatic carbocycles. The first-order valence-corrected chi connectivity index (χ1v) is 5.88. The summed E-state index contributed by atoms with van der Waals surface area (Å²) in [6.07, 6.45) is 0. The zero-order valence-corrected chi connectivity index (χ0v) is 11.0. The molecule has 6 heteroatoms. The van der Waals surface area contributed by atoms with Gasteiger partial charge in [-0.15, -0.1) is 0 Å². The molecule has 1 aromatic heterocycles. The van der Waals surface area contributed by atoms with Crippen LogP contribution in [-0.2, 0) is 6.54 Å². The average molecular weight is 267 g/mol. The van der Waals surface area contributed by atoms with Crippen LogP contribution in [0.3, 0.4) is 0 Å². The minimum atomic E-state index is -0.934. The molecular formula is C13H15F2N3O. The molecule has 0 aliphatic heterocycles. The van der Waals surface area contributed by atoms with Gasteiger partial charge >= 0.3 is 0 Å². The van der Waals surface area contributed by atoms with Gasteiger partial charge in [0.2, 0.25) is 11.7 Å². The van der Waals surface area contributed by atoms with Crippen molar-refractivity contribution < 1.29 is 13.3 Å². The van der Waals surface area contributed by atoms with Gasteiger partial charge in [0.05, 0.1) is 6.54 Å². The van der Waals surface area contributed by atoms with Gasteiger partial charge in [0.15, 0.2) is 11.6 Å². The maximum absolute atomic E-state index is 13.1. The van der Waals surface area contributed by atoms with Crippen LogP contribution in [0.2, 0.25) is 0 Å². The second-order valence-electron chi connectivity index (χ2n) is 5.24. The van der Waals surface area contributed by atoms with Crippen LogP contribution in [0.1, 0.15) is 26.7 Å². The van der Waals surface area contributed by atoms with E-state index in [-0.39, 0.29) is 11.4 Å². The molecule has 0 aliphatic carbocycles. The van der Waals surface area contributed by atoms with Crippen LogP contribution < -0.4 is 5.32 Å². The van der Waals surface area contributed by atoms with Gasteiger partial charge in [-0.25, -0.2) is 8.78 Å². The number of benzene rings is 1. The van der Waals surface area contributed by atoms with Crippen LogP contribution in [0.4, 0.5) is 8.78 Å². The summed E-state index contributed by atoms with van der Waals surface area (Å²) in [5.41, 5.74) is 0.307. The van der Waals surface area contributed by atoms with E-state index >= 15 is 0 Å². The average Bonchev–Trinajstić information content (AvgIpc) is 2.78. The summed E-state index contributed by atoms with van der Waals surface area (Å²) in [6.45, 7) is 6.46. The van der Waals surface area contributed by atoms with Crippen molar-refractivity contribution in [3.63, 3.8) is 0 Å². The van der Waals surface area contributed by atoms with E-state index in [1.165, 1.54) is 6.07 Å². The highest BCUT2D eigenvalue weighted by molar-refractivity contribution is 5.54. The first-order chi connectivity index (χ1) is 8.85. The van der Waals surface area contributed by atoms with Crippen LogP contribution in [0.5, 0.6) is 0 Å². The molecule has 102 valence electrons. The van der Waals surface area contributed by atoms with Gasteiger partial charge in [-0.2, -0.15) is 4.98 Å². The molecule has 1 N–H and O–H groups in total. The van der Waals surface area contributed by atoms with E-state index in [2.05, 4.69) is 15.5 Å². The molecule has 0 aliphatic rings. The Hall–Kier alpha value is -1.82. The fourth-order valence-electron chi connectivity index (χ4n) is 1.42. The molecule has 0 unspecified atom stereocenters. The highest BCUT2D eigenvalue weighted by Gasteiger charge is 2.14. The first kappa shape index (κ1) is 13.6. The van der Waals surface area contributed by atoms with Crippen LogP contribution in [-0.4, -0.2) is 15.7 Å². The van der Waals surface area contributed by atoms with Crippen molar-refractivity contribution in [2.75, 3.05) is 0 Å². The largest absolute Gasteiger partial charge is 0.338 e. The number of rotatable bonds is 3. The molecule has 0 amide bonds. The zero-order chi connectivity index (χ0) is 14.0. The van der Waals surface area contributed by atoms with Crippen molar-refractivity contribution in [2.45, 2.75) is 32.9 Å². The molecule has 0 radical (unpaired) electrons. The summed E-state index contributed by atoms with van der Waals surface area (Å²) >= 11 is 0. The van der Waals surface area contributed by atoms with Gasteiger partial charge in [-0.3, -0.25) is 0 Å². The minimum Gasteiger partial charge on any atom is -0.338 e. The van der Waals surface area contributed by atoms with Crippen LogP contribution in [0.15, 0.2) is 22.7 Å². The Morgan fingerprint density at radius 3 is 2.58 bits per heavy atom. The highest BCUT2D eigenvalue weighted by atomic mass is 19.2. The Morgan fingerprint density at radius 1 is 1.21 bits per heavy atom. The SMILES string of the molecule is CC(C)(C)NCc1nc(-c2ccc(F)c(F)c2)no1. The summed E-state index contributed by atoms with van der Waals surface area (Å²) in [5.74, 6) is -1.20. The second kappa shape index (κ2) is 5.05. The lowest BCUT2D eigenvalue weighted by atomic mass is 10.1. The molecule has 4 nitrogen and oxygen atoms in total. The van der Waals surface area contributed by atoms with Crippen LogP contribution in [0.25, 0.3) is 11.4 Å².